The molecule has 1 saturated carbocycles. The normalized spacial score (nSPS) is 26.5. The molecule has 0 spiro atoms. The maximum atomic E-state index is 12.6. The Bertz CT molecular complexity index is 1070. The van der Waals surface area contributed by atoms with Crippen LogP contribution >= 0.6 is 11.6 Å². The Morgan fingerprint density at radius 2 is 2.10 bits per heavy atom. The number of aliphatic hydroxyl groups excluding tert-OH is 2. The van der Waals surface area contributed by atoms with Crippen LogP contribution in [0.5, 0.6) is 0 Å². The lowest BCUT2D eigenvalue weighted by Crippen LogP contribution is -2.60. The van der Waals surface area contributed by atoms with E-state index in [0.717, 1.165) is 29.3 Å². The molecule has 1 aliphatic heterocycles. The van der Waals surface area contributed by atoms with Crippen LogP contribution in [0, 0.1) is 0 Å². The minimum atomic E-state index is -1.38. The molecule has 11 nitrogen and oxygen atoms in total. The minimum Gasteiger partial charge on any atom is -0.388 e. The summed E-state index contributed by atoms with van der Waals surface area (Å²) in [5, 5.41) is 27.8. The van der Waals surface area contributed by atoms with E-state index in [-0.39, 0.29) is 18.2 Å². The number of ether oxygens (including phenoxy) is 1. The highest BCUT2D eigenvalue weighted by Crippen LogP contribution is 2.39. The summed E-state index contributed by atoms with van der Waals surface area (Å²) >= 11 is 5.73. The molecule has 162 valence electrons. The molecule has 0 bridgehead atoms. The van der Waals surface area contributed by atoms with Crippen molar-refractivity contribution in [2.75, 3.05) is 6.61 Å². The van der Waals surface area contributed by atoms with Gasteiger partial charge in [0, 0.05) is 19.2 Å². The van der Waals surface area contributed by atoms with Crippen LogP contribution in [0.4, 0.5) is 0 Å². The molecule has 4 rings (SSSR count). The van der Waals surface area contributed by atoms with E-state index in [2.05, 4.69) is 15.4 Å². The fourth-order valence-electron chi connectivity index (χ4n) is 3.51. The first kappa shape index (κ1) is 20.8. The zero-order valence-electron chi connectivity index (χ0n) is 16.1. The summed E-state index contributed by atoms with van der Waals surface area (Å²) in [6.45, 7) is -0.214. The Labute approximate surface area is 175 Å². The predicted octanol–water partition coefficient (Wildman–Crippen LogP) is -1.28. The van der Waals surface area contributed by atoms with Crippen LogP contribution in [0.1, 0.15) is 34.9 Å². The van der Waals surface area contributed by atoms with Gasteiger partial charge in [-0.25, -0.2) is 4.79 Å². The lowest BCUT2D eigenvalue weighted by molar-refractivity contribution is -0.152. The number of aromatic nitrogens is 4. The first-order valence-electron chi connectivity index (χ1n) is 9.56. The van der Waals surface area contributed by atoms with Crippen molar-refractivity contribution < 1.29 is 19.7 Å². The van der Waals surface area contributed by atoms with Crippen molar-refractivity contribution >= 4 is 17.5 Å². The maximum absolute atomic E-state index is 12.6. The molecule has 12 heteroatoms. The van der Waals surface area contributed by atoms with Crippen molar-refractivity contribution in [1.82, 2.24) is 24.6 Å². The van der Waals surface area contributed by atoms with Crippen molar-refractivity contribution in [3.63, 3.8) is 0 Å². The van der Waals surface area contributed by atoms with E-state index in [9.17, 15) is 24.6 Å². The minimum absolute atomic E-state index is 0.0756. The Morgan fingerprint density at radius 1 is 1.37 bits per heavy atom. The number of aromatic amines is 1. The first-order valence-corrected chi connectivity index (χ1v) is 9.94. The van der Waals surface area contributed by atoms with Crippen molar-refractivity contribution in [2.24, 2.45) is 7.05 Å². The predicted molar refractivity (Wildman–Crippen MR) is 105 cm³/mol. The van der Waals surface area contributed by atoms with E-state index in [1.54, 1.807) is 13.1 Å². The third-order valence-electron chi connectivity index (χ3n) is 5.42. The van der Waals surface area contributed by atoms with E-state index in [4.69, 9.17) is 16.3 Å². The molecule has 2 aromatic rings. The monoisotopic (exact) mass is 439 g/mol. The molecule has 2 aromatic heterocycles. The molecule has 4 N–H and O–H groups in total. The Balaban J connectivity index is 1.41. The Kier molecular flexibility index (Phi) is 5.53. The molecule has 2 fully saturated rings. The van der Waals surface area contributed by atoms with Crippen LogP contribution in [-0.4, -0.2) is 66.4 Å². The van der Waals surface area contributed by atoms with E-state index < -0.39 is 41.5 Å². The fourth-order valence-corrected chi connectivity index (χ4v) is 3.67. The molecule has 1 amide bonds. The number of H-pyrrole nitrogens is 1. The van der Waals surface area contributed by atoms with Gasteiger partial charge in [-0.1, -0.05) is 11.6 Å². The Hall–Kier alpha value is -2.47. The molecular formula is C18H22ClN5O6. The molecule has 1 aliphatic carbocycles. The number of carbonyl (C=O) groups is 1. The van der Waals surface area contributed by atoms with Gasteiger partial charge in [0.05, 0.1) is 24.9 Å². The molecule has 4 atom stereocenters. The number of halogens is 1. The number of carbonyl (C=O) groups excluding carboxylic acids is 1. The second kappa shape index (κ2) is 7.99. The topological polar surface area (TPSA) is 151 Å². The molecular weight excluding hydrogens is 418 g/mol. The van der Waals surface area contributed by atoms with E-state index in [1.807, 2.05) is 0 Å². The van der Waals surface area contributed by atoms with Gasteiger partial charge in [0.2, 0.25) is 0 Å². The molecule has 2 aliphatic rings. The van der Waals surface area contributed by atoms with Gasteiger partial charge in [0.1, 0.15) is 29.0 Å². The van der Waals surface area contributed by atoms with Crippen LogP contribution in [-0.2, 0) is 18.3 Å². The largest absolute Gasteiger partial charge is 0.388 e. The quantitative estimate of drug-likeness (QED) is 0.453. The maximum Gasteiger partial charge on any atom is 0.328 e. The number of nitrogens with one attached hydrogen (secondary N) is 2. The van der Waals surface area contributed by atoms with Crippen LogP contribution in [0.2, 0.25) is 5.02 Å². The van der Waals surface area contributed by atoms with Crippen molar-refractivity contribution in [3.05, 3.63) is 49.5 Å². The molecule has 30 heavy (non-hydrogen) atoms. The fraction of sp³-hybridized carbons (Fsp3) is 0.556. The SMILES string of the molecule is Cn1nc(C2CC2)cc1C(=O)N[C@@H]1CO[C@H](Cn2cc(Cl)c(=O)[nH]c2=O)[C@@H](O)[C@H]1O. The van der Waals surface area contributed by atoms with Gasteiger partial charge in [0.15, 0.2) is 0 Å². The summed E-state index contributed by atoms with van der Waals surface area (Å²) in [4.78, 5) is 37.9. The van der Waals surface area contributed by atoms with Gasteiger partial charge in [0.25, 0.3) is 11.5 Å². The van der Waals surface area contributed by atoms with Crippen LogP contribution in [0.15, 0.2) is 21.9 Å². The lowest BCUT2D eigenvalue weighted by atomic mass is 9.97. The summed E-state index contributed by atoms with van der Waals surface area (Å²) in [5.74, 6) is -0.0346. The van der Waals surface area contributed by atoms with Crippen molar-refractivity contribution in [1.29, 1.82) is 0 Å². The molecule has 1 saturated heterocycles. The molecule has 3 heterocycles. The van der Waals surface area contributed by atoms with E-state index in [0.29, 0.717) is 11.6 Å². The van der Waals surface area contributed by atoms with Gasteiger partial charge in [-0.05, 0) is 18.9 Å². The first-order chi connectivity index (χ1) is 14.2. The van der Waals surface area contributed by atoms with Gasteiger partial charge >= 0.3 is 5.69 Å². The zero-order valence-corrected chi connectivity index (χ0v) is 16.9. The third-order valence-corrected chi connectivity index (χ3v) is 5.69. The lowest BCUT2D eigenvalue weighted by Gasteiger charge is -2.38. The van der Waals surface area contributed by atoms with Gasteiger partial charge < -0.3 is 20.3 Å². The van der Waals surface area contributed by atoms with Crippen LogP contribution in [0.3, 0.4) is 0 Å². The highest BCUT2D eigenvalue weighted by Gasteiger charge is 2.40. The number of hydrogen-bond donors (Lipinski definition) is 4. The second-order valence-corrected chi connectivity index (χ2v) is 8.08. The number of aliphatic hydroxyl groups is 2. The number of nitrogens with zero attached hydrogens (tertiary/aromatic N) is 3. The van der Waals surface area contributed by atoms with Crippen molar-refractivity contribution in [3.8, 4) is 0 Å². The van der Waals surface area contributed by atoms with Crippen LogP contribution in [0.25, 0.3) is 0 Å². The summed E-state index contributed by atoms with van der Waals surface area (Å²) in [6, 6.07) is 0.883. The summed E-state index contributed by atoms with van der Waals surface area (Å²) < 4.78 is 8.15. The average Bonchev–Trinajstić information content (AvgIpc) is 3.47. The van der Waals surface area contributed by atoms with Gasteiger partial charge in [-0.15, -0.1) is 0 Å². The second-order valence-electron chi connectivity index (χ2n) is 7.67. The summed E-state index contributed by atoms with van der Waals surface area (Å²) in [6.07, 6.45) is -0.382. The average molecular weight is 440 g/mol. The summed E-state index contributed by atoms with van der Waals surface area (Å²) in [7, 11) is 1.67. The summed E-state index contributed by atoms with van der Waals surface area (Å²) in [5.41, 5.74) is -0.206. The third kappa shape index (κ3) is 4.06. The van der Waals surface area contributed by atoms with E-state index >= 15 is 0 Å². The Morgan fingerprint density at radius 3 is 2.80 bits per heavy atom. The highest BCUT2D eigenvalue weighted by atomic mass is 35.5. The number of hydrogen-bond acceptors (Lipinski definition) is 7. The molecule has 0 aromatic carbocycles. The highest BCUT2D eigenvalue weighted by molar-refractivity contribution is 6.30. The van der Waals surface area contributed by atoms with Gasteiger partial charge in [-0.3, -0.25) is 23.8 Å². The number of aryl methyl sites for hydroxylation is 1. The zero-order chi connectivity index (χ0) is 21.6. The molecule has 0 radical (unpaired) electrons. The smallest absolute Gasteiger partial charge is 0.328 e. The standard InChI is InChI=1S/C18H22ClN5O6/c1-23-12(4-10(22-23)8-2-3-8)17(28)20-11-7-30-13(15(26)14(11)25)6-24-5-9(19)16(27)21-18(24)29/h4-5,8,11,13-15,25-26H,2-3,6-7H2,1H3,(H,20,28)(H,21,27,29)/t11-,13-,14+,15-/m1/s1. The number of amides is 1. The van der Waals surface area contributed by atoms with E-state index in [1.165, 1.54) is 4.68 Å². The van der Waals surface area contributed by atoms with Crippen LogP contribution < -0.4 is 16.6 Å². The van der Waals surface area contributed by atoms with Gasteiger partial charge in [-0.2, -0.15) is 5.10 Å². The number of rotatable bonds is 5. The molecule has 0 unspecified atom stereocenters. The van der Waals surface area contributed by atoms with Crippen molar-refractivity contribution in [2.45, 2.75) is 49.7 Å².